The van der Waals surface area contributed by atoms with Crippen molar-refractivity contribution >= 4 is 49.9 Å². The number of nitrogens with zero attached hydrogens (tertiary/aromatic N) is 3. The normalized spacial score (nSPS) is 11.9. The number of hydrogen-bond acceptors (Lipinski definition) is 3. The Bertz CT molecular complexity index is 1440. The van der Waals surface area contributed by atoms with E-state index in [1.54, 1.807) is 42.5 Å². The van der Waals surface area contributed by atoms with Gasteiger partial charge in [0.25, 0.3) is 0 Å². The molecule has 0 spiro atoms. The van der Waals surface area contributed by atoms with Gasteiger partial charge in [-0.05, 0) is 47.3 Å². The Labute approximate surface area is 204 Å². The molecule has 0 aliphatic carbocycles. The number of fused-ring (bicyclic) bond motifs is 1. The number of pyridine rings is 1. The van der Waals surface area contributed by atoms with E-state index in [0.29, 0.717) is 15.5 Å². The van der Waals surface area contributed by atoms with Crippen molar-refractivity contribution in [3.8, 4) is 21.8 Å². The molecule has 0 atom stereocenters. The van der Waals surface area contributed by atoms with Gasteiger partial charge in [0.05, 0.1) is 28.1 Å². The minimum Gasteiger partial charge on any atom is -0.242 e. The Morgan fingerprint density at radius 1 is 1.00 bits per heavy atom. The van der Waals surface area contributed by atoms with E-state index in [-0.39, 0.29) is 29.0 Å². The highest BCUT2D eigenvalue weighted by atomic mass is 79.9. The highest BCUT2D eigenvalue weighted by molar-refractivity contribution is 9.10. The summed E-state index contributed by atoms with van der Waals surface area (Å²) in [7, 11) is 0. The Morgan fingerprint density at radius 3 is 2.45 bits per heavy atom. The molecule has 2 aromatic carbocycles. The third-order valence-corrected chi connectivity index (χ3v) is 6.76. The van der Waals surface area contributed by atoms with Gasteiger partial charge >= 0.3 is 6.18 Å². The summed E-state index contributed by atoms with van der Waals surface area (Å²) < 4.78 is 45.2. The molecule has 166 valence electrons. The maximum atomic E-state index is 14.3. The number of alkyl halides is 3. The molecule has 9 heteroatoms. The zero-order valence-electron chi connectivity index (χ0n) is 16.8. The van der Waals surface area contributed by atoms with Crippen molar-refractivity contribution in [1.29, 1.82) is 0 Å². The fraction of sp³-hybridized carbons (Fsp3) is 0.0833. The predicted molar refractivity (Wildman–Crippen MR) is 130 cm³/mol. The van der Waals surface area contributed by atoms with Crippen LogP contribution in [0.2, 0.25) is 5.02 Å². The molecule has 0 aliphatic heterocycles. The molecule has 3 heterocycles. The first-order chi connectivity index (χ1) is 15.8. The Hall–Kier alpha value is -2.68. The second kappa shape index (κ2) is 8.59. The average molecular weight is 549 g/mol. The lowest BCUT2D eigenvalue weighted by molar-refractivity contribution is -0.136. The minimum absolute atomic E-state index is 0.0186. The van der Waals surface area contributed by atoms with Crippen molar-refractivity contribution in [3.05, 3.63) is 92.7 Å². The van der Waals surface area contributed by atoms with Crippen molar-refractivity contribution in [1.82, 2.24) is 14.8 Å². The van der Waals surface area contributed by atoms with Crippen LogP contribution in [-0.2, 0) is 12.7 Å². The first kappa shape index (κ1) is 22.1. The smallest absolute Gasteiger partial charge is 0.242 e. The molecular formula is C24H14BrClF3N3S. The molecule has 3 aromatic heterocycles. The van der Waals surface area contributed by atoms with E-state index >= 15 is 0 Å². The molecule has 0 amide bonds. The molecule has 5 rings (SSSR count). The average Bonchev–Trinajstić information content (AvgIpc) is 3.43. The van der Waals surface area contributed by atoms with Crippen LogP contribution in [0.25, 0.3) is 32.9 Å². The number of halogens is 5. The maximum absolute atomic E-state index is 14.3. The molecular weight excluding hydrogens is 535 g/mol. The van der Waals surface area contributed by atoms with Crippen LogP contribution in [0.5, 0.6) is 0 Å². The summed E-state index contributed by atoms with van der Waals surface area (Å²) in [5, 5.41) is 6.99. The van der Waals surface area contributed by atoms with Gasteiger partial charge in [-0.1, -0.05) is 57.9 Å². The molecule has 0 aliphatic rings. The molecule has 0 bridgehead atoms. The number of hydrogen-bond donors (Lipinski definition) is 0. The molecule has 3 nitrogen and oxygen atoms in total. The second-order valence-corrected chi connectivity index (χ2v) is 9.67. The standard InChI is InChI=1S/C24H14BrClF3N3S/c25-16-4-1-3-15(11-16)22-21-18(24(27,28)29)12-19(20-5-2-10-33-20)30-23(21)32(31-22)13-14-6-8-17(26)9-7-14/h1-12H,13H2. The van der Waals surface area contributed by atoms with Crippen LogP contribution < -0.4 is 0 Å². The molecule has 0 unspecified atom stereocenters. The molecule has 0 fully saturated rings. The van der Waals surface area contributed by atoms with Crippen molar-refractivity contribution < 1.29 is 13.2 Å². The first-order valence-corrected chi connectivity index (χ1v) is 11.9. The minimum atomic E-state index is -4.58. The first-order valence-electron chi connectivity index (χ1n) is 9.82. The van der Waals surface area contributed by atoms with Gasteiger partial charge in [0, 0.05) is 15.1 Å². The Morgan fingerprint density at radius 2 is 1.79 bits per heavy atom. The lowest BCUT2D eigenvalue weighted by Gasteiger charge is -2.11. The summed E-state index contributed by atoms with van der Waals surface area (Å²) in [6.07, 6.45) is -4.58. The van der Waals surface area contributed by atoms with Crippen molar-refractivity contribution in [2.75, 3.05) is 0 Å². The van der Waals surface area contributed by atoms with Crippen LogP contribution in [-0.4, -0.2) is 14.8 Å². The van der Waals surface area contributed by atoms with Gasteiger partial charge < -0.3 is 0 Å². The van der Waals surface area contributed by atoms with Crippen LogP contribution in [0.4, 0.5) is 13.2 Å². The zero-order chi connectivity index (χ0) is 23.2. The maximum Gasteiger partial charge on any atom is 0.417 e. The Balaban J connectivity index is 1.81. The monoisotopic (exact) mass is 547 g/mol. The summed E-state index contributed by atoms with van der Waals surface area (Å²) in [5.41, 5.74) is 1.34. The third-order valence-electron chi connectivity index (χ3n) is 5.13. The van der Waals surface area contributed by atoms with Crippen molar-refractivity contribution in [2.45, 2.75) is 12.7 Å². The third kappa shape index (κ3) is 4.43. The number of benzene rings is 2. The van der Waals surface area contributed by atoms with E-state index in [1.165, 1.54) is 16.0 Å². The highest BCUT2D eigenvalue weighted by Gasteiger charge is 2.36. The van der Waals surface area contributed by atoms with E-state index in [1.807, 2.05) is 23.6 Å². The van der Waals surface area contributed by atoms with Crippen LogP contribution in [0, 0.1) is 0 Å². The molecule has 0 saturated heterocycles. The fourth-order valence-electron chi connectivity index (χ4n) is 3.65. The number of rotatable bonds is 4. The van der Waals surface area contributed by atoms with Crippen LogP contribution in [0.3, 0.4) is 0 Å². The van der Waals surface area contributed by atoms with Crippen molar-refractivity contribution in [2.24, 2.45) is 0 Å². The summed E-state index contributed by atoms with van der Waals surface area (Å²) in [6.45, 7) is 0.250. The molecule has 0 saturated carbocycles. The van der Waals surface area contributed by atoms with E-state index in [2.05, 4.69) is 26.0 Å². The van der Waals surface area contributed by atoms with Gasteiger partial charge in [-0.2, -0.15) is 18.3 Å². The largest absolute Gasteiger partial charge is 0.417 e. The lowest BCUT2D eigenvalue weighted by Crippen LogP contribution is -2.08. The van der Waals surface area contributed by atoms with E-state index in [4.69, 9.17) is 11.6 Å². The van der Waals surface area contributed by atoms with Crippen LogP contribution >= 0.6 is 38.9 Å². The molecule has 5 aromatic rings. The summed E-state index contributed by atoms with van der Waals surface area (Å²) >= 11 is 10.7. The molecule has 0 N–H and O–H groups in total. The van der Waals surface area contributed by atoms with Crippen LogP contribution in [0.15, 0.2) is 76.6 Å². The van der Waals surface area contributed by atoms with Gasteiger partial charge in [-0.3, -0.25) is 0 Å². The van der Waals surface area contributed by atoms with Gasteiger partial charge in [0.15, 0.2) is 5.65 Å². The SMILES string of the molecule is FC(F)(F)c1cc(-c2cccs2)nc2c1c(-c1cccc(Br)c1)nn2Cc1ccc(Cl)cc1. The fourth-order valence-corrected chi connectivity index (χ4v) is 4.87. The number of aromatic nitrogens is 3. The quantitative estimate of drug-likeness (QED) is 0.226. The van der Waals surface area contributed by atoms with Crippen LogP contribution in [0.1, 0.15) is 11.1 Å². The summed E-state index contributed by atoms with van der Waals surface area (Å²) in [5.74, 6) is 0. The van der Waals surface area contributed by atoms with Gasteiger partial charge in [-0.25, -0.2) is 9.67 Å². The zero-order valence-corrected chi connectivity index (χ0v) is 19.9. The highest BCUT2D eigenvalue weighted by Crippen LogP contribution is 2.41. The number of thiophene rings is 1. The Kier molecular flexibility index (Phi) is 5.76. The van der Waals surface area contributed by atoms with Gasteiger partial charge in [0.1, 0.15) is 5.69 Å². The van der Waals surface area contributed by atoms with Crippen molar-refractivity contribution in [3.63, 3.8) is 0 Å². The molecule has 33 heavy (non-hydrogen) atoms. The molecule has 0 radical (unpaired) electrons. The summed E-state index contributed by atoms with van der Waals surface area (Å²) in [4.78, 5) is 5.31. The topological polar surface area (TPSA) is 30.7 Å². The van der Waals surface area contributed by atoms with E-state index < -0.39 is 11.7 Å². The predicted octanol–water partition coefficient (Wildman–Crippen LogP) is 8.31. The second-order valence-electron chi connectivity index (χ2n) is 7.37. The van der Waals surface area contributed by atoms with Gasteiger partial charge in [-0.15, -0.1) is 11.3 Å². The van der Waals surface area contributed by atoms with Gasteiger partial charge in [0.2, 0.25) is 0 Å². The lowest BCUT2D eigenvalue weighted by atomic mass is 10.0. The van der Waals surface area contributed by atoms with E-state index in [9.17, 15) is 13.2 Å². The summed E-state index contributed by atoms with van der Waals surface area (Å²) in [6, 6.07) is 18.9. The van der Waals surface area contributed by atoms with E-state index in [0.717, 1.165) is 16.1 Å².